The van der Waals surface area contributed by atoms with Crippen molar-refractivity contribution in [2.24, 2.45) is 0 Å². The fraction of sp³-hybridized carbons (Fsp3) is 0.0833. The summed E-state index contributed by atoms with van der Waals surface area (Å²) >= 11 is 15.1. The Hall–Kier alpha value is -0.770. The largest absolute Gasteiger partial charge is 0.487 e. The quantitative estimate of drug-likeness (QED) is 0.810. The van der Waals surface area contributed by atoms with Crippen LogP contribution in [0.4, 0.5) is 0 Å². The highest BCUT2D eigenvalue weighted by Crippen LogP contribution is 2.28. The van der Waals surface area contributed by atoms with Gasteiger partial charge in [0.15, 0.2) is 0 Å². The molecule has 0 radical (unpaired) electrons. The Kier molecular flexibility index (Phi) is 4.26. The molecule has 17 heavy (non-hydrogen) atoms. The van der Waals surface area contributed by atoms with Gasteiger partial charge in [-0.1, -0.05) is 23.2 Å². The first-order valence-corrected chi connectivity index (χ1v) is 6.37. The molecule has 0 fully saturated rings. The van der Waals surface area contributed by atoms with Crippen molar-refractivity contribution in [1.82, 2.24) is 4.98 Å². The molecule has 1 aromatic carbocycles. The molecule has 0 aliphatic heterocycles. The van der Waals surface area contributed by atoms with Gasteiger partial charge in [0.05, 0.1) is 5.02 Å². The fourth-order valence-electron chi connectivity index (χ4n) is 1.29. The summed E-state index contributed by atoms with van der Waals surface area (Å²) in [6.45, 7) is 0.411. The van der Waals surface area contributed by atoms with E-state index in [1.54, 1.807) is 30.6 Å². The molecule has 1 aromatic heterocycles. The van der Waals surface area contributed by atoms with E-state index in [0.29, 0.717) is 22.4 Å². The van der Waals surface area contributed by atoms with Gasteiger partial charge in [-0.05, 0) is 40.2 Å². The van der Waals surface area contributed by atoms with Gasteiger partial charge in [-0.15, -0.1) is 0 Å². The van der Waals surface area contributed by atoms with Crippen LogP contribution in [0.2, 0.25) is 10.0 Å². The van der Waals surface area contributed by atoms with E-state index in [1.165, 1.54) is 0 Å². The second-order valence-corrected chi connectivity index (χ2v) is 5.13. The third-order valence-electron chi connectivity index (χ3n) is 2.05. The van der Waals surface area contributed by atoms with Crippen molar-refractivity contribution in [2.75, 3.05) is 0 Å². The van der Waals surface area contributed by atoms with Gasteiger partial charge in [-0.3, -0.25) is 4.98 Å². The number of ether oxygens (including phenoxy) is 1. The first kappa shape index (κ1) is 12.7. The topological polar surface area (TPSA) is 22.1 Å². The first-order chi connectivity index (χ1) is 8.15. The molecule has 0 amide bonds. The highest BCUT2D eigenvalue weighted by atomic mass is 79.9. The maximum Gasteiger partial charge on any atom is 0.138 e. The zero-order chi connectivity index (χ0) is 12.3. The summed E-state index contributed by atoms with van der Waals surface area (Å²) in [5.41, 5.74) is 0.963. The molecule has 0 atom stereocenters. The number of aromatic nitrogens is 1. The van der Waals surface area contributed by atoms with Crippen LogP contribution in [0.5, 0.6) is 5.75 Å². The van der Waals surface area contributed by atoms with Crippen LogP contribution in [0.15, 0.2) is 41.1 Å². The number of rotatable bonds is 3. The number of hydrogen-bond acceptors (Lipinski definition) is 2. The lowest BCUT2D eigenvalue weighted by Crippen LogP contribution is -1.96. The molecule has 0 aliphatic carbocycles. The van der Waals surface area contributed by atoms with Crippen LogP contribution in [0.3, 0.4) is 0 Å². The van der Waals surface area contributed by atoms with Gasteiger partial charge in [-0.2, -0.15) is 0 Å². The monoisotopic (exact) mass is 331 g/mol. The van der Waals surface area contributed by atoms with E-state index in [2.05, 4.69) is 20.9 Å². The van der Waals surface area contributed by atoms with E-state index < -0.39 is 0 Å². The smallest absolute Gasteiger partial charge is 0.138 e. The lowest BCUT2D eigenvalue weighted by Gasteiger charge is -2.08. The highest BCUT2D eigenvalue weighted by Gasteiger charge is 2.03. The molecule has 0 unspecified atom stereocenters. The van der Waals surface area contributed by atoms with Gasteiger partial charge >= 0.3 is 0 Å². The van der Waals surface area contributed by atoms with Crippen LogP contribution in [-0.2, 0) is 6.61 Å². The van der Waals surface area contributed by atoms with Crippen molar-refractivity contribution in [2.45, 2.75) is 6.61 Å². The summed E-state index contributed by atoms with van der Waals surface area (Å²) in [4.78, 5) is 4.05. The molecule has 0 saturated heterocycles. The number of hydrogen-bond donors (Lipinski definition) is 0. The third-order valence-corrected chi connectivity index (χ3v) is 3.01. The Morgan fingerprint density at radius 1 is 1.18 bits per heavy atom. The Morgan fingerprint density at radius 2 is 2.00 bits per heavy atom. The number of nitrogens with zero attached hydrogens (tertiary/aromatic N) is 1. The summed E-state index contributed by atoms with van der Waals surface area (Å²) in [6.07, 6.45) is 3.47. The predicted octanol–water partition coefficient (Wildman–Crippen LogP) is 4.73. The van der Waals surface area contributed by atoms with Gasteiger partial charge in [0.25, 0.3) is 0 Å². The van der Waals surface area contributed by atoms with Crippen molar-refractivity contribution in [3.63, 3.8) is 0 Å². The number of halogens is 3. The zero-order valence-electron chi connectivity index (χ0n) is 8.66. The normalized spacial score (nSPS) is 10.3. The first-order valence-electron chi connectivity index (χ1n) is 4.82. The molecule has 0 saturated carbocycles. The minimum atomic E-state index is 0.411. The summed E-state index contributed by atoms with van der Waals surface area (Å²) < 4.78 is 6.50. The molecule has 88 valence electrons. The maximum atomic E-state index is 5.99. The maximum absolute atomic E-state index is 5.99. The standard InChI is InChI=1S/C12H8BrCl2NO/c13-9-3-8(5-16-6-9)7-17-12-2-1-10(14)4-11(12)15/h1-6H,7H2. The molecule has 2 aromatic rings. The second kappa shape index (κ2) is 5.71. The van der Waals surface area contributed by atoms with Gasteiger partial charge in [0.2, 0.25) is 0 Å². The average Bonchev–Trinajstić information content (AvgIpc) is 2.28. The van der Waals surface area contributed by atoms with Crippen LogP contribution in [-0.4, -0.2) is 4.98 Å². The highest BCUT2D eigenvalue weighted by molar-refractivity contribution is 9.10. The van der Waals surface area contributed by atoms with Crippen LogP contribution in [0, 0.1) is 0 Å². The number of benzene rings is 1. The van der Waals surface area contributed by atoms with Crippen LogP contribution < -0.4 is 4.74 Å². The van der Waals surface area contributed by atoms with E-state index in [4.69, 9.17) is 27.9 Å². The Bertz CT molecular complexity index is 534. The molecule has 1 heterocycles. The zero-order valence-corrected chi connectivity index (χ0v) is 11.8. The third kappa shape index (κ3) is 3.60. The Balaban J connectivity index is 2.07. The fourth-order valence-corrected chi connectivity index (χ4v) is 2.16. The average molecular weight is 333 g/mol. The molecular weight excluding hydrogens is 325 g/mol. The second-order valence-electron chi connectivity index (χ2n) is 3.37. The molecule has 2 nitrogen and oxygen atoms in total. The van der Waals surface area contributed by atoms with Crippen molar-refractivity contribution >= 4 is 39.1 Å². The summed E-state index contributed by atoms with van der Waals surface area (Å²) in [6, 6.07) is 7.08. The molecule has 0 bridgehead atoms. The Labute approximate surface area is 118 Å². The van der Waals surface area contributed by atoms with Crippen LogP contribution in [0.25, 0.3) is 0 Å². The van der Waals surface area contributed by atoms with Crippen molar-refractivity contribution in [1.29, 1.82) is 0 Å². The summed E-state index contributed by atoms with van der Waals surface area (Å²) in [5, 5.41) is 1.09. The minimum Gasteiger partial charge on any atom is -0.487 e. The minimum absolute atomic E-state index is 0.411. The molecular formula is C12H8BrCl2NO. The van der Waals surface area contributed by atoms with Gasteiger partial charge < -0.3 is 4.74 Å². The SMILES string of the molecule is Clc1ccc(OCc2cncc(Br)c2)c(Cl)c1. The van der Waals surface area contributed by atoms with E-state index in [-0.39, 0.29) is 0 Å². The Morgan fingerprint density at radius 3 is 2.71 bits per heavy atom. The van der Waals surface area contributed by atoms with Gasteiger partial charge in [0.1, 0.15) is 12.4 Å². The number of pyridine rings is 1. The summed E-state index contributed by atoms with van der Waals surface area (Å²) in [5.74, 6) is 0.607. The molecule has 5 heteroatoms. The van der Waals surface area contributed by atoms with Crippen LogP contribution in [0.1, 0.15) is 5.56 Å². The van der Waals surface area contributed by atoms with Crippen LogP contribution >= 0.6 is 39.1 Å². The molecule has 0 aliphatic rings. The van der Waals surface area contributed by atoms with E-state index in [9.17, 15) is 0 Å². The summed E-state index contributed by atoms with van der Waals surface area (Å²) in [7, 11) is 0. The van der Waals surface area contributed by atoms with Gasteiger partial charge in [-0.25, -0.2) is 0 Å². The predicted molar refractivity (Wildman–Crippen MR) is 72.7 cm³/mol. The van der Waals surface area contributed by atoms with Crippen molar-refractivity contribution < 1.29 is 4.74 Å². The lowest BCUT2D eigenvalue weighted by molar-refractivity contribution is 0.306. The van der Waals surface area contributed by atoms with Gasteiger partial charge in [0, 0.05) is 27.5 Å². The lowest BCUT2D eigenvalue weighted by atomic mass is 10.3. The molecule has 0 spiro atoms. The van der Waals surface area contributed by atoms with E-state index >= 15 is 0 Å². The molecule has 2 rings (SSSR count). The van der Waals surface area contributed by atoms with E-state index in [1.807, 2.05) is 6.07 Å². The van der Waals surface area contributed by atoms with Crippen molar-refractivity contribution in [3.8, 4) is 5.75 Å². The van der Waals surface area contributed by atoms with E-state index in [0.717, 1.165) is 10.0 Å². The molecule has 0 N–H and O–H groups in total. The van der Waals surface area contributed by atoms with Crippen molar-refractivity contribution in [3.05, 3.63) is 56.7 Å².